The molecule has 0 N–H and O–H groups in total. The molecule has 0 aliphatic heterocycles. The molecule has 0 amide bonds. The van der Waals surface area contributed by atoms with Gasteiger partial charge in [-0.1, -0.05) is 510 Å². The van der Waals surface area contributed by atoms with Crippen molar-refractivity contribution in [2.75, 3.05) is 0 Å². The number of rotatable bonds is 21. The van der Waals surface area contributed by atoms with E-state index < -0.39 is 0 Å². The van der Waals surface area contributed by atoms with Gasteiger partial charge in [0.25, 0.3) is 0 Å². The number of benzene rings is 22. The summed E-state index contributed by atoms with van der Waals surface area (Å²) in [6.07, 6.45) is 0. The molecular formula is C132H90. The molecule has 0 heterocycles. The maximum Gasteiger partial charge on any atom is -0.00143 e. The Kier molecular flexibility index (Phi) is 22.4. The Labute approximate surface area is 774 Å². The molecule has 0 fully saturated rings. The lowest BCUT2D eigenvalue weighted by atomic mass is 9.74. The smallest absolute Gasteiger partial charge is 0.00143 e. The number of hydrogen-bond acceptors (Lipinski definition) is 0. The molecule has 0 saturated heterocycles. The first kappa shape index (κ1) is 80.7. The van der Waals surface area contributed by atoms with Gasteiger partial charge in [0.05, 0.1) is 0 Å². The van der Waals surface area contributed by atoms with Gasteiger partial charge in [0.1, 0.15) is 0 Å². The quantitative estimate of drug-likeness (QED) is 0.0673. The molecule has 0 spiro atoms. The van der Waals surface area contributed by atoms with E-state index in [0.717, 1.165) is 234 Å². The molecule has 0 unspecified atom stereocenters. The molecule has 0 atom stereocenters. The highest BCUT2D eigenvalue weighted by molar-refractivity contribution is 6.16. The Bertz CT molecular complexity index is 7340. The highest BCUT2D eigenvalue weighted by atomic mass is 14.4. The van der Waals surface area contributed by atoms with Gasteiger partial charge < -0.3 is 0 Å². The van der Waals surface area contributed by atoms with E-state index >= 15 is 0 Å². The Morgan fingerprint density at radius 1 is 0.0606 bits per heavy atom. The predicted octanol–water partition coefficient (Wildman–Crippen LogP) is 36.7. The second-order valence-electron chi connectivity index (χ2n) is 33.8. The first-order valence-corrected chi connectivity index (χ1v) is 45.6. The zero-order valence-corrected chi connectivity index (χ0v) is 73.0. The molecular weight excluding hydrogens is 1590 g/mol. The van der Waals surface area contributed by atoms with Crippen LogP contribution in [0.3, 0.4) is 0 Å². The first-order valence-electron chi connectivity index (χ1n) is 45.6. The van der Waals surface area contributed by atoms with Crippen molar-refractivity contribution in [2.24, 2.45) is 0 Å². The van der Waals surface area contributed by atoms with E-state index in [1.807, 2.05) is 0 Å². The Hall–Kier alpha value is -17.2. The van der Waals surface area contributed by atoms with E-state index in [0.29, 0.717) is 0 Å². The lowest BCUT2D eigenvalue weighted by molar-refractivity contribution is 1.50. The van der Waals surface area contributed by atoms with Crippen LogP contribution in [-0.4, -0.2) is 0 Å². The van der Waals surface area contributed by atoms with Crippen molar-refractivity contribution in [1.29, 1.82) is 0 Å². The van der Waals surface area contributed by atoms with Crippen molar-refractivity contribution < 1.29 is 0 Å². The molecule has 0 saturated carbocycles. The van der Waals surface area contributed by atoms with Crippen LogP contribution in [0.15, 0.2) is 546 Å². The maximum absolute atomic E-state index is 2.59. The summed E-state index contributed by atoms with van der Waals surface area (Å²) in [6, 6.07) is 204. The maximum atomic E-state index is 2.59. The fourth-order valence-electron chi connectivity index (χ4n) is 20.1. The zero-order chi connectivity index (χ0) is 87.9. The van der Waals surface area contributed by atoms with Crippen molar-refractivity contribution in [1.82, 2.24) is 0 Å². The highest BCUT2D eigenvalue weighted by Crippen LogP contribution is 2.60. The van der Waals surface area contributed by atoms with Crippen LogP contribution in [0.2, 0.25) is 0 Å². The van der Waals surface area contributed by atoms with Gasteiger partial charge in [0.2, 0.25) is 0 Å². The third-order valence-corrected chi connectivity index (χ3v) is 25.9. The van der Waals surface area contributed by atoms with Gasteiger partial charge in [0, 0.05) is 0 Å². The topological polar surface area (TPSA) is 0 Å². The summed E-state index contributed by atoms with van der Waals surface area (Å²) < 4.78 is 0. The standard InChI is InChI=1S/C132H90/c1-17-49-91(50-18-1)111-87-115(125(99-65-33-9-34-66-99)129(103-73-41-13-42-74-103)121(111)95-57-25-5-26-58-95)107-81-83-109(117(85-107)119-89-113(93-53-21-3-22-54-93)123(97-61-29-7-30-62-97)131(105-77-45-15-46-78-105)127(119)101-69-37-11-38-70-101)110-84-82-108(116-88-112(92-51-19-2-20-52-92)122(96-59-27-6-28-60-96)130(104-75-43-14-44-76-104)126(116)100-67-35-10-36-68-100)86-118(110)120-90-114(94-55-23-4-24-56-94)124(98-63-31-8-32-64-98)132(106-79-47-16-48-80-106)128(120)102-71-39-12-40-72-102/h1-90H. The van der Waals surface area contributed by atoms with Gasteiger partial charge in [-0.3, -0.25) is 0 Å². The molecule has 0 radical (unpaired) electrons. The molecule has 0 aliphatic rings. The SMILES string of the molecule is c1ccc(-c2cc(-c3ccc(-c4ccc(-c5cc(-c6ccccc6)c(-c6ccccc6)c(-c6ccccc6)c5-c5ccccc5)cc4-c4cc(-c5ccccc5)c(-c5ccccc5)c(-c5ccccc5)c4-c4ccccc4)c(-c4cc(-c5ccccc5)c(-c5ccccc5)c(-c5ccccc5)c4-c4ccccc4)c3)c(-c3ccccc3)c(-c3ccccc3)c2-c2ccccc2)cc1. The van der Waals surface area contributed by atoms with Crippen molar-refractivity contribution in [3.63, 3.8) is 0 Å². The van der Waals surface area contributed by atoms with Gasteiger partial charge >= 0.3 is 0 Å². The van der Waals surface area contributed by atoms with Crippen LogP contribution in [0.4, 0.5) is 0 Å². The molecule has 22 rings (SSSR count). The van der Waals surface area contributed by atoms with Crippen LogP contribution >= 0.6 is 0 Å². The van der Waals surface area contributed by atoms with E-state index in [2.05, 4.69) is 546 Å². The van der Waals surface area contributed by atoms with E-state index in [-0.39, 0.29) is 0 Å². The molecule has 0 bridgehead atoms. The largest absolute Gasteiger partial charge is 0.0622 e. The predicted molar refractivity (Wildman–Crippen MR) is 561 cm³/mol. The Morgan fingerprint density at radius 3 is 0.341 bits per heavy atom. The van der Waals surface area contributed by atoms with Crippen LogP contribution in [0.25, 0.3) is 234 Å². The fraction of sp³-hybridized carbons (Fsp3) is 0. The Morgan fingerprint density at radius 2 is 0.182 bits per heavy atom. The van der Waals surface area contributed by atoms with Gasteiger partial charge in [-0.25, -0.2) is 0 Å². The summed E-state index contributed by atoms with van der Waals surface area (Å²) in [6.45, 7) is 0. The van der Waals surface area contributed by atoms with Crippen LogP contribution in [0.1, 0.15) is 0 Å². The van der Waals surface area contributed by atoms with Crippen LogP contribution in [0.5, 0.6) is 0 Å². The molecule has 0 aliphatic carbocycles. The third kappa shape index (κ3) is 15.6. The van der Waals surface area contributed by atoms with E-state index in [1.165, 1.54) is 0 Å². The highest BCUT2D eigenvalue weighted by Gasteiger charge is 2.33. The normalized spacial score (nSPS) is 11.2. The molecule has 0 aromatic heterocycles. The lowest BCUT2D eigenvalue weighted by Crippen LogP contribution is -2.02. The minimum absolute atomic E-state index is 1.04. The molecule has 0 nitrogen and oxygen atoms in total. The lowest BCUT2D eigenvalue weighted by Gasteiger charge is -2.28. The molecule has 618 valence electrons. The first-order chi connectivity index (χ1) is 65.6. The van der Waals surface area contributed by atoms with Crippen molar-refractivity contribution in [2.45, 2.75) is 0 Å². The second-order valence-corrected chi connectivity index (χ2v) is 33.8. The third-order valence-electron chi connectivity index (χ3n) is 25.9. The van der Waals surface area contributed by atoms with Crippen molar-refractivity contribution in [3.05, 3.63) is 546 Å². The summed E-state index contributed by atoms with van der Waals surface area (Å²) in [7, 11) is 0. The van der Waals surface area contributed by atoms with Crippen molar-refractivity contribution in [3.8, 4) is 234 Å². The summed E-state index contributed by atoms with van der Waals surface area (Å²) in [4.78, 5) is 0. The van der Waals surface area contributed by atoms with Crippen LogP contribution in [-0.2, 0) is 0 Å². The van der Waals surface area contributed by atoms with Crippen LogP contribution in [0, 0.1) is 0 Å². The minimum Gasteiger partial charge on any atom is -0.0622 e. The monoisotopic (exact) mass is 1670 g/mol. The number of hydrogen-bond donors (Lipinski definition) is 0. The average molecular weight is 1680 g/mol. The van der Waals surface area contributed by atoms with Crippen LogP contribution < -0.4 is 0 Å². The van der Waals surface area contributed by atoms with E-state index in [1.54, 1.807) is 0 Å². The molecule has 22 aromatic carbocycles. The van der Waals surface area contributed by atoms with Crippen molar-refractivity contribution >= 4 is 0 Å². The molecule has 22 aromatic rings. The van der Waals surface area contributed by atoms with E-state index in [9.17, 15) is 0 Å². The van der Waals surface area contributed by atoms with Gasteiger partial charge in [0.15, 0.2) is 0 Å². The average Bonchev–Trinajstić information content (AvgIpc) is 0.744. The second kappa shape index (κ2) is 36.7. The summed E-state index contributed by atoms with van der Waals surface area (Å²) >= 11 is 0. The van der Waals surface area contributed by atoms with Gasteiger partial charge in [-0.15, -0.1) is 0 Å². The fourth-order valence-corrected chi connectivity index (χ4v) is 20.1. The summed E-state index contributed by atoms with van der Waals surface area (Å²) in [5.41, 5.74) is 46.5. The molecule has 0 heteroatoms. The summed E-state index contributed by atoms with van der Waals surface area (Å²) in [5, 5.41) is 0. The van der Waals surface area contributed by atoms with Gasteiger partial charge in [-0.2, -0.15) is 0 Å². The molecule has 132 heavy (non-hydrogen) atoms. The minimum atomic E-state index is 1.04. The van der Waals surface area contributed by atoms with E-state index in [4.69, 9.17) is 0 Å². The summed E-state index contributed by atoms with van der Waals surface area (Å²) in [5.74, 6) is 0. The zero-order valence-electron chi connectivity index (χ0n) is 73.0. The van der Waals surface area contributed by atoms with Gasteiger partial charge in [-0.05, 0) is 270 Å². The Balaban J connectivity index is 0.972.